The van der Waals surface area contributed by atoms with E-state index >= 15 is 0 Å². The van der Waals surface area contributed by atoms with Crippen LogP contribution in [0.15, 0.2) is 0 Å². The van der Waals surface area contributed by atoms with Gasteiger partial charge in [-0.05, 0) is 0 Å². The minimum atomic E-state index is 1.21. The molecule has 2 saturated heterocycles. The van der Waals surface area contributed by atoms with Crippen LogP contribution in [0, 0.1) is 0 Å². The van der Waals surface area contributed by atoms with Gasteiger partial charge in [-0.3, -0.25) is 0 Å². The van der Waals surface area contributed by atoms with E-state index in [1.807, 2.05) is 0 Å². The number of hydrogen-bond donors (Lipinski definition) is 0. The molecule has 0 aromatic heterocycles. The monoisotopic (exact) mass is 92.1 g/mol. The van der Waals surface area contributed by atoms with E-state index in [4.69, 9.17) is 0 Å². The first kappa shape index (κ1) is 4.05. The van der Waals surface area contributed by atoms with Crippen molar-refractivity contribution < 1.29 is 0 Å². The fraction of sp³-hybridized carbons (Fsp3) is 1.00. The Balaban J connectivity index is 1.73. The number of hydrogen-bond acceptors (Lipinski definition) is 0. The van der Waals surface area contributed by atoms with Crippen LogP contribution in [0.25, 0.3) is 0 Å². The molecule has 2 heterocycles. The maximum atomic E-state index is 2.29. The highest BCUT2D eigenvalue weighted by Gasteiger charge is 2.67. The fourth-order valence-electron chi connectivity index (χ4n) is 1.68. The first-order valence-electron chi connectivity index (χ1n) is 3.43. The topological polar surface area (TPSA) is 0 Å². The summed E-state index contributed by atoms with van der Waals surface area (Å²) in [5.41, 5.74) is 1.21. The van der Waals surface area contributed by atoms with Crippen LogP contribution in [-0.2, 0) is 0 Å². The Kier molecular flexibility index (Phi) is 0.635. The zero-order valence-corrected chi connectivity index (χ0v) is 4.85. The summed E-state index contributed by atoms with van der Waals surface area (Å²) in [7, 11) is 0. The van der Waals surface area contributed by atoms with Crippen LogP contribution in [0.3, 0.4) is 0 Å². The Morgan fingerprint density at radius 1 is 1.57 bits per heavy atom. The molecule has 0 aromatic carbocycles. The lowest BCUT2D eigenvalue weighted by Crippen LogP contribution is -1.86. The molecule has 0 aromatic rings. The van der Waals surface area contributed by atoms with Crippen molar-refractivity contribution in [1.29, 1.82) is 0 Å². The zero-order valence-electron chi connectivity index (χ0n) is 4.85. The molecule has 2 heteroatoms. The van der Waals surface area contributed by atoms with E-state index in [0.717, 1.165) is 0 Å². The van der Waals surface area contributed by atoms with Crippen LogP contribution >= 0.6 is 0 Å². The van der Waals surface area contributed by atoms with Gasteiger partial charge in [0.1, 0.15) is 0 Å². The highest BCUT2D eigenvalue weighted by molar-refractivity contribution is 7.59. The van der Waals surface area contributed by atoms with Gasteiger partial charge >= 0.3 is 0 Å². The van der Waals surface area contributed by atoms with Crippen molar-refractivity contribution in [3.05, 3.63) is 0 Å². The predicted octanol–water partition coefficient (Wildman–Crippen LogP) is 1.33. The molecule has 0 aliphatic carbocycles. The Bertz CT molecular complexity index is 84.1. The third-order valence-corrected chi connectivity index (χ3v) is 2.47. The van der Waals surface area contributed by atoms with Gasteiger partial charge in [-0.1, -0.05) is 25.5 Å². The Morgan fingerprint density at radius 2 is 2.29 bits per heavy atom. The molecule has 2 aliphatic rings. The van der Waals surface area contributed by atoms with Crippen LogP contribution in [0.4, 0.5) is 0 Å². The summed E-state index contributed by atoms with van der Waals surface area (Å²) in [4.78, 5) is 0. The molecule has 0 spiro atoms. The second-order valence-corrected chi connectivity index (χ2v) is 3.02. The normalized spacial score (nSPS) is 25.3. The summed E-state index contributed by atoms with van der Waals surface area (Å²) >= 11 is 0. The van der Waals surface area contributed by atoms with Crippen molar-refractivity contribution >= 4 is 13.2 Å². The van der Waals surface area contributed by atoms with E-state index in [1.54, 1.807) is 6.22 Å². The minimum absolute atomic E-state index is 1.21. The van der Waals surface area contributed by atoms with E-state index in [1.165, 1.54) is 31.8 Å². The molecule has 0 saturated carbocycles. The maximum absolute atomic E-state index is 2.29. The first-order valence-corrected chi connectivity index (χ1v) is 3.43. The number of fused-ring (bicyclic) bond motifs is 1. The number of rotatable bonds is 2. The molecule has 0 amide bonds. The quantitative estimate of drug-likeness (QED) is 0.450. The fourth-order valence-corrected chi connectivity index (χ4v) is 1.68. The summed E-state index contributed by atoms with van der Waals surface area (Å²) in [6.07, 6.45) is 4.53. The van der Waals surface area contributed by atoms with Gasteiger partial charge in [0, 0.05) is 0 Å². The smallest absolute Gasteiger partial charge is 0.0947 e. The molecule has 36 valence electrons. The summed E-state index contributed by atoms with van der Waals surface area (Å²) in [5.74, 6) is 0. The third-order valence-electron chi connectivity index (χ3n) is 2.47. The average Bonchev–Trinajstić information content (AvgIpc) is 2.41. The highest BCUT2D eigenvalue weighted by atomic mass is 14.1. The Labute approximate surface area is 45.8 Å². The van der Waals surface area contributed by atoms with Gasteiger partial charge in [-0.15, -0.1) is 6.22 Å². The standard InChI is InChI=1S/C5H10B2/c1-2-3-5-6-4-7(5)6/h5H,2-4H2,1H3. The Morgan fingerprint density at radius 3 is 2.43 bits per heavy atom. The van der Waals surface area contributed by atoms with E-state index in [0.29, 0.717) is 0 Å². The largest absolute Gasteiger partial charge is 0.107 e. The van der Waals surface area contributed by atoms with Crippen LogP contribution in [0.2, 0.25) is 11.9 Å². The molecular weight excluding hydrogens is 81.7 g/mol. The lowest BCUT2D eigenvalue weighted by molar-refractivity contribution is 0.850. The first-order chi connectivity index (χ1) is 3.43. The van der Waals surface area contributed by atoms with Crippen LogP contribution < -0.4 is 0 Å². The molecule has 2 aliphatic heterocycles. The van der Waals surface area contributed by atoms with Crippen molar-refractivity contribution in [2.75, 3.05) is 0 Å². The molecule has 0 nitrogen and oxygen atoms in total. The maximum Gasteiger partial charge on any atom is 0.0947 e. The van der Waals surface area contributed by atoms with Gasteiger partial charge in [0.2, 0.25) is 0 Å². The second kappa shape index (κ2) is 1.10. The van der Waals surface area contributed by atoms with Crippen molar-refractivity contribution in [3.8, 4) is 0 Å². The zero-order chi connectivity index (χ0) is 4.85. The molecular formula is C5H10B2. The lowest BCUT2D eigenvalue weighted by Gasteiger charge is -1.96. The SMILES string of the molecule is CCCC1B2CB21. The van der Waals surface area contributed by atoms with Crippen LogP contribution in [-0.4, -0.2) is 13.2 Å². The highest BCUT2D eigenvalue weighted by Crippen LogP contribution is 2.57. The molecule has 2 rings (SSSR count). The second-order valence-electron chi connectivity index (χ2n) is 3.02. The third kappa shape index (κ3) is 0.457. The molecule has 0 bridgehead atoms. The van der Waals surface area contributed by atoms with Gasteiger partial charge in [-0.25, -0.2) is 0 Å². The van der Waals surface area contributed by atoms with Crippen molar-refractivity contribution in [2.45, 2.75) is 31.7 Å². The lowest BCUT2D eigenvalue weighted by atomic mass is 9.74. The average molecular weight is 91.8 g/mol. The molecule has 0 unspecified atom stereocenters. The summed E-state index contributed by atoms with van der Waals surface area (Å²) in [6, 6.07) is 0. The van der Waals surface area contributed by atoms with Gasteiger partial charge in [0.25, 0.3) is 0 Å². The van der Waals surface area contributed by atoms with E-state index < -0.39 is 0 Å². The van der Waals surface area contributed by atoms with E-state index in [-0.39, 0.29) is 0 Å². The summed E-state index contributed by atoms with van der Waals surface area (Å²) in [6.45, 7) is 4.76. The van der Waals surface area contributed by atoms with E-state index in [9.17, 15) is 0 Å². The van der Waals surface area contributed by atoms with E-state index in [2.05, 4.69) is 6.92 Å². The van der Waals surface area contributed by atoms with Gasteiger partial charge in [0.15, 0.2) is 0 Å². The van der Waals surface area contributed by atoms with Gasteiger partial charge in [-0.2, -0.15) is 0 Å². The van der Waals surface area contributed by atoms with Crippen LogP contribution in [0.5, 0.6) is 0 Å². The van der Waals surface area contributed by atoms with Crippen LogP contribution in [0.1, 0.15) is 19.8 Å². The van der Waals surface area contributed by atoms with Crippen molar-refractivity contribution in [3.63, 3.8) is 0 Å². The Hall–Kier alpha value is 0.130. The molecule has 7 heavy (non-hydrogen) atoms. The molecule has 0 radical (unpaired) electrons. The molecule has 2 fully saturated rings. The van der Waals surface area contributed by atoms with Gasteiger partial charge in [0.05, 0.1) is 13.2 Å². The molecule has 0 N–H and O–H groups in total. The summed E-state index contributed by atoms with van der Waals surface area (Å²) < 4.78 is 0. The predicted molar refractivity (Wildman–Crippen MR) is 35.0 cm³/mol. The van der Waals surface area contributed by atoms with Crippen molar-refractivity contribution in [1.82, 2.24) is 0 Å². The van der Waals surface area contributed by atoms with Gasteiger partial charge < -0.3 is 0 Å². The minimum Gasteiger partial charge on any atom is -0.107 e. The van der Waals surface area contributed by atoms with Crippen molar-refractivity contribution in [2.24, 2.45) is 0 Å². The molecule has 0 atom stereocenters. The summed E-state index contributed by atoms with van der Waals surface area (Å²) in [5, 5.41) is 0.